The second kappa shape index (κ2) is 8.34. The summed E-state index contributed by atoms with van der Waals surface area (Å²) in [5.41, 5.74) is 0. The van der Waals surface area contributed by atoms with E-state index in [4.69, 9.17) is 0 Å². The molecule has 0 amide bonds. The van der Waals surface area contributed by atoms with Crippen molar-refractivity contribution < 1.29 is 17.9 Å². The molecule has 0 spiro atoms. The van der Waals surface area contributed by atoms with Crippen LogP contribution in [0.25, 0.3) is 0 Å². The highest BCUT2D eigenvalue weighted by atomic mass is 79.9. The van der Waals surface area contributed by atoms with Crippen molar-refractivity contribution in [2.24, 2.45) is 5.92 Å². The fourth-order valence-electron chi connectivity index (χ4n) is 1.24. The van der Waals surface area contributed by atoms with E-state index in [1.807, 2.05) is 0 Å². The molecule has 0 rings (SSSR count). The molecule has 0 saturated heterocycles. The lowest BCUT2D eigenvalue weighted by molar-refractivity contribution is -0.174. The van der Waals surface area contributed by atoms with Crippen molar-refractivity contribution in [2.75, 3.05) is 13.2 Å². The fraction of sp³-hybridized carbons (Fsp3) is 1.00. The van der Waals surface area contributed by atoms with Crippen molar-refractivity contribution in [1.82, 2.24) is 0 Å². The molecule has 1 unspecified atom stereocenters. The van der Waals surface area contributed by atoms with E-state index >= 15 is 0 Å². The Morgan fingerprint density at radius 3 is 2.25 bits per heavy atom. The van der Waals surface area contributed by atoms with Crippen LogP contribution in [-0.4, -0.2) is 24.2 Å². The van der Waals surface area contributed by atoms with Crippen LogP contribution in [0.1, 0.15) is 39.5 Å². The number of hydrogen-bond acceptors (Lipinski definition) is 1. The van der Waals surface area contributed by atoms with Gasteiger partial charge in [0.2, 0.25) is 0 Å². The van der Waals surface area contributed by atoms with Gasteiger partial charge in [-0.1, -0.05) is 42.6 Å². The monoisotopic (exact) mass is 304 g/mol. The highest BCUT2D eigenvalue weighted by molar-refractivity contribution is 9.09. The Hall–Kier alpha value is 0.230. The summed E-state index contributed by atoms with van der Waals surface area (Å²) in [6.45, 7) is 3.37. The molecule has 0 saturated carbocycles. The average molecular weight is 305 g/mol. The summed E-state index contributed by atoms with van der Waals surface area (Å²) in [5, 5.41) is 0. The van der Waals surface area contributed by atoms with Crippen LogP contribution < -0.4 is 0 Å². The normalized spacial score (nSPS) is 14.4. The second-order valence-corrected chi connectivity index (χ2v) is 5.45. The zero-order chi connectivity index (χ0) is 12.6. The molecule has 5 heteroatoms. The Labute approximate surface area is 104 Å². The minimum absolute atomic E-state index is 0.203. The van der Waals surface area contributed by atoms with E-state index in [0.717, 1.165) is 19.3 Å². The molecular weight excluding hydrogens is 285 g/mol. The summed E-state index contributed by atoms with van der Waals surface area (Å²) in [7, 11) is 0. The van der Waals surface area contributed by atoms with Crippen LogP contribution in [-0.2, 0) is 4.74 Å². The summed E-state index contributed by atoms with van der Waals surface area (Å²) in [6.07, 6.45) is -0.473. The Bertz CT molecular complexity index is 171. The first kappa shape index (κ1) is 16.2. The molecule has 1 atom stereocenters. The molecule has 0 aliphatic carbocycles. The van der Waals surface area contributed by atoms with Crippen LogP contribution in [0.4, 0.5) is 13.2 Å². The summed E-state index contributed by atoms with van der Waals surface area (Å²) in [4.78, 5) is 0.503. The topological polar surface area (TPSA) is 9.23 Å². The van der Waals surface area contributed by atoms with Gasteiger partial charge in [0.25, 0.3) is 0 Å². The Morgan fingerprint density at radius 2 is 1.75 bits per heavy atom. The molecule has 0 aromatic rings. The maximum Gasteiger partial charge on any atom is 0.411 e. The summed E-state index contributed by atoms with van der Waals surface area (Å²) in [6, 6.07) is 0. The lowest BCUT2D eigenvalue weighted by Gasteiger charge is -2.13. The fourth-order valence-corrected chi connectivity index (χ4v) is 1.57. The zero-order valence-corrected chi connectivity index (χ0v) is 11.4. The highest BCUT2D eigenvalue weighted by Gasteiger charge is 2.27. The first-order chi connectivity index (χ1) is 7.33. The molecule has 0 N–H and O–H groups in total. The van der Waals surface area contributed by atoms with Gasteiger partial charge in [0.1, 0.15) is 6.61 Å². The average Bonchev–Trinajstić information content (AvgIpc) is 2.14. The highest BCUT2D eigenvalue weighted by Crippen LogP contribution is 2.19. The maximum atomic E-state index is 11.7. The van der Waals surface area contributed by atoms with E-state index in [-0.39, 0.29) is 6.61 Å². The van der Waals surface area contributed by atoms with E-state index in [2.05, 4.69) is 34.5 Å². The number of ether oxygens (including phenoxy) is 1. The van der Waals surface area contributed by atoms with Crippen molar-refractivity contribution in [2.45, 2.75) is 50.5 Å². The van der Waals surface area contributed by atoms with Crippen LogP contribution in [0.5, 0.6) is 0 Å². The predicted molar refractivity (Wildman–Crippen MR) is 62.9 cm³/mol. The van der Waals surface area contributed by atoms with Gasteiger partial charge in [-0.05, 0) is 18.8 Å². The molecule has 0 aromatic carbocycles. The number of rotatable bonds is 8. The third-order valence-electron chi connectivity index (χ3n) is 2.26. The minimum atomic E-state index is -4.20. The molecule has 0 aliphatic rings. The van der Waals surface area contributed by atoms with Crippen LogP contribution in [0, 0.1) is 5.92 Å². The zero-order valence-electron chi connectivity index (χ0n) is 9.82. The maximum absolute atomic E-state index is 11.7. The van der Waals surface area contributed by atoms with Crippen molar-refractivity contribution in [3.05, 3.63) is 0 Å². The molecule has 0 radical (unpaired) electrons. The van der Waals surface area contributed by atoms with Gasteiger partial charge in [-0.2, -0.15) is 13.2 Å². The molecule has 1 nitrogen and oxygen atoms in total. The van der Waals surface area contributed by atoms with Crippen molar-refractivity contribution >= 4 is 15.9 Å². The van der Waals surface area contributed by atoms with E-state index in [1.165, 1.54) is 0 Å². The van der Waals surface area contributed by atoms with Gasteiger partial charge in [0, 0.05) is 11.4 Å². The van der Waals surface area contributed by atoms with E-state index < -0.39 is 12.8 Å². The van der Waals surface area contributed by atoms with Crippen LogP contribution >= 0.6 is 15.9 Å². The van der Waals surface area contributed by atoms with Gasteiger partial charge in [0.15, 0.2) is 0 Å². The molecule has 98 valence electrons. The lowest BCUT2D eigenvalue weighted by Crippen LogP contribution is -2.17. The van der Waals surface area contributed by atoms with Crippen LogP contribution in [0.15, 0.2) is 0 Å². The van der Waals surface area contributed by atoms with Gasteiger partial charge in [0.05, 0.1) is 0 Å². The molecular formula is C11H20BrF3O. The van der Waals surface area contributed by atoms with Gasteiger partial charge in [-0.25, -0.2) is 0 Å². The summed E-state index contributed by atoms with van der Waals surface area (Å²) in [5.74, 6) is 0.599. The van der Waals surface area contributed by atoms with E-state index in [1.54, 1.807) is 0 Å². The smallest absolute Gasteiger partial charge is 0.372 e. The SMILES string of the molecule is CC(C)C(Br)CCCCCOCC(F)(F)F. The van der Waals surface area contributed by atoms with Crippen molar-refractivity contribution in [3.63, 3.8) is 0 Å². The third kappa shape index (κ3) is 10.7. The molecule has 0 aromatic heterocycles. The van der Waals surface area contributed by atoms with Crippen LogP contribution in [0.2, 0.25) is 0 Å². The minimum Gasteiger partial charge on any atom is -0.372 e. The van der Waals surface area contributed by atoms with Gasteiger partial charge in [-0.3, -0.25) is 0 Å². The first-order valence-corrected chi connectivity index (χ1v) is 6.53. The van der Waals surface area contributed by atoms with E-state index in [9.17, 15) is 13.2 Å². The number of alkyl halides is 4. The largest absolute Gasteiger partial charge is 0.411 e. The first-order valence-electron chi connectivity index (χ1n) is 5.61. The van der Waals surface area contributed by atoms with Gasteiger partial charge >= 0.3 is 6.18 Å². The van der Waals surface area contributed by atoms with Gasteiger partial charge < -0.3 is 4.74 Å². The van der Waals surface area contributed by atoms with Crippen molar-refractivity contribution in [3.8, 4) is 0 Å². The molecule has 0 aliphatic heterocycles. The number of halogens is 4. The summed E-state index contributed by atoms with van der Waals surface area (Å²) < 4.78 is 39.6. The number of unbranched alkanes of at least 4 members (excludes halogenated alkanes) is 2. The Morgan fingerprint density at radius 1 is 1.12 bits per heavy atom. The standard InChI is InChI=1S/C11H20BrF3O/c1-9(2)10(12)6-4-3-5-7-16-8-11(13,14)15/h9-10H,3-8H2,1-2H3. The third-order valence-corrected chi connectivity index (χ3v) is 3.77. The molecule has 0 bridgehead atoms. The summed E-state index contributed by atoms with van der Waals surface area (Å²) >= 11 is 3.57. The molecule has 0 fully saturated rings. The lowest BCUT2D eigenvalue weighted by atomic mass is 10.0. The van der Waals surface area contributed by atoms with Crippen LogP contribution in [0.3, 0.4) is 0 Å². The Balaban J connectivity index is 3.22. The molecule has 0 heterocycles. The van der Waals surface area contributed by atoms with E-state index in [0.29, 0.717) is 17.2 Å². The van der Waals surface area contributed by atoms with Gasteiger partial charge in [-0.15, -0.1) is 0 Å². The van der Waals surface area contributed by atoms with Crippen molar-refractivity contribution in [1.29, 1.82) is 0 Å². The quantitative estimate of drug-likeness (QED) is 0.472. The second-order valence-electron chi connectivity index (χ2n) is 4.28. The molecule has 16 heavy (non-hydrogen) atoms. The Kier molecular flexibility index (Phi) is 8.46. The number of hydrogen-bond donors (Lipinski definition) is 0. The predicted octanol–water partition coefficient (Wildman–Crippen LogP) is 4.55.